The summed E-state index contributed by atoms with van der Waals surface area (Å²) >= 11 is 0. The van der Waals surface area contributed by atoms with Crippen LogP contribution in [0.5, 0.6) is 0 Å². The molecule has 0 saturated carbocycles. The zero-order valence-corrected chi connectivity index (χ0v) is 22.0. The number of pyridine rings is 1. The molecule has 3 aromatic rings. The molecule has 206 valence electrons. The van der Waals surface area contributed by atoms with Crippen LogP contribution >= 0.6 is 0 Å². The summed E-state index contributed by atoms with van der Waals surface area (Å²) in [6.45, 7) is 2.72. The number of aryl methyl sites for hydroxylation is 1. The number of nitro benzene ring substituents is 1. The van der Waals surface area contributed by atoms with Gasteiger partial charge in [-0.25, -0.2) is 0 Å². The molecule has 0 unspecified atom stereocenters. The number of nitro groups is 1. The van der Waals surface area contributed by atoms with Crippen LogP contribution in [0, 0.1) is 17.0 Å². The third kappa shape index (κ3) is 5.41. The van der Waals surface area contributed by atoms with Crippen LogP contribution in [0.4, 0.5) is 5.69 Å². The van der Waals surface area contributed by atoms with Crippen molar-refractivity contribution in [2.45, 2.75) is 38.1 Å². The third-order valence-corrected chi connectivity index (χ3v) is 7.41. The molecule has 2 aromatic carbocycles. The van der Waals surface area contributed by atoms with E-state index in [9.17, 15) is 24.5 Å². The molecule has 11 heteroatoms. The molecule has 40 heavy (non-hydrogen) atoms. The first-order valence-corrected chi connectivity index (χ1v) is 13.0. The first-order chi connectivity index (χ1) is 19.3. The maximum absolute atomic E-state index is 13.9. The van der Waals surface area contributed by atoms with E-state index in [4.69, 9.17) is 4.74 Å². The first kappa shape index (κ1) is 26.9. The Bertz CT molecular complexity index is 1420. The fourth-order valence-electron chi connectivity index (χ4n) is 5.21. The summed E-state index contributed by atoms with van der Waals surface area (Å²) in [5.41, 5.74) is 1.26. The third-order valence-electron chi connectivity index (χ3n) is 7.41. The smallest absolute Gasteiger partial charge is 0.270 e. The summed E-state index contributed by atoms with van der Waals surface area (Å²) in [5.74, 6) is -0.993. The largest absolute Gasteiger partial charge is 0.353 e. The first-order valence-electron chi connectivity index (χ1n) is 13.0. The number of hydrogen-bond acceptors (Lipinski definition) is 7. The molecular weight excluding hydrogens is 514 g/mol. The molecule has 0 aliphatic carbocycles. The Balaban J connectivity index is 1.36. The van der Waals surface area contributed by atoms with Gasteiger partial charge in [-0.15, -0.1) is 0 Å². The minimum absolute atomic E-state index is 0.0231. The van der Waals surface area contributed by atoms with Crippen molar-refractivity contribution < 1.29 is 24.0 Å². The Morgan fingerprint density at radius 2 is 1.80 bits per heavy atom. The van der Waals surface area contributed by atoms with Gasteiger partial charge >= 0.3 is 0 Å². The summed E-state index contributed by atoms with van der Waals surface area (Å²) in [6.07, 6.45) is 3.89. The molecule has 2 saturated heterocycles. The average molecular weight is 544 g/mol. The van der Waals surface area contributed by atoms with Crippen LogP contribution in [-0.4, -0.2) is 68.9 Å². The number of piperidine rings is 1. The maximum Gasteiger partial charge on any atom is 0.270 e. The summed E-state index contributed by atoms with van der Waals surface area (Å²) in [5, 5.41) is 14.1. The van der Waals surface area contributed by atoms with Gasteiger partial charge in [0.2, 0.25) is 5.91 Å². The van der Waals surface area contributed by atoms with Gasteiger partial charge in [-0.3, -0.25) is 34.4 Å². The van der Waals surface area contributed by atoms with E-state index < -0.39 is 16.7 Å². The number of non-ortho nitro benzene ring substituents is 1. The molecular formula is C29H29N5O6. The Kier molecular flexibility index (Phi) is 7.56. The van der Waals surface area contributed by atoms with Gasteiger partial charge in [0.25, 0.3) is 17.5 Å². The molecule has 0 bridgehead atoms. The fraction of sp³-hybridized carbons (Fsp3) is 0.310. The van der Waals surface area contributed by atoms with Crippen molar-refractivity contribution in [3.8, 4) is 0 Å². The maximum atomic E-state index is 13.9. The van der Waals surface area contributed by atoms with Crippen LogP contribution in [-0.2, 0) is 16.1 Å². The molecule has 3 amide bonds. The standard InChI is InChI=1S/C29H29N5O6/c1-20-7-9-22(10-8-20)28(37)33-25(26(35)31-18-21-4-3-13-30-17-21)19-40-29(33)11-14-32(15-12-29)27(36)23-5-2-6-24(16-23)34(38)39/h2-10,13,16-17,25H,11-12,14-15,18-19H2,1H3,(H,31,35)/t25-/m0/s1. The molecule has 11 nitrogen and oxygen atoms in total. The number of hydrogen-bond donors (Lipinski definition) is 1. The summed E-state index contributed by atoms with van der Waals surface area (Å²) in [4.78, 5) is 58.2. The predicted octanol–water partition coefficient (Wildman–Crippen LogP) is 3.09. The second-order valence-electron chi connectivity index (χ2n) is 9.99. The van der Waals surface area contributed by atoms with Crippen molar-refractivity contribution >= 4 is 23.4 Å². The van der Waals surface area contributed by atoms with Gasteiger partial charge in [-0.05, 0) is 36.8 Å². The number of nitrogens with one attached hydrogen (secondary N) is 1. The molecule has 5 rings (SSSR count). The van der Waals surface area contributed by atoms with Crippen molar-refractivity contribution in [3.63, 3.8) is 0 Å². The lowest BCUT2D eigenvalue weighted by molar-refractivity contribution is -0.384. The van der Waals surface area contributed by atoms with Gasteiger partial charge in [-0.1, -0.05) is 29.8 Å². The lowest BCUT2D eigenvalue weighted by Crippen LogP contribution is -2.59. The highest BCUT2D eigenvalue weighted by molar-refractivity contribution is 5.99. The molecule has 2 aliphatic heterocycles. The van der Waals surface area contributed by atoms with E-state index >= 15 is 0 Å². The van der Waals surface area contributed by atoms with E-state index in [1.807, 2.05) is 25.1 Å². The zero-order chi connectivity index (χ0) is 28.3. The lowest BCUT2D eigenvalue weighted by Gasteiger charge is -2.44. The molecule has 2 aliphatic rings. The van der Waals surface area contributed by atoms with Gasteiger partial charge < -0.3 is 15.0 Å². The minimum atomic E-state index is -1.07. The van der Waals surface area contributed by atoms with Crippen LogP contribution in [0.1, 0.15) is 44.7 Å². The van der Waals surface area contributed by atoms with Crippen molar-refractivity contribution in [1.29, 1.82) is 0 Å². The monoisotopic (exact) mass is 543 g/mol. The molecule has 1 N–H and O–H groups in total. The van der Waals surface area contributed by atoms with Crippen molar-refractivity contribution in [2.24, 2.45) is 0 Å². The van der Waals surface area contributed by atoms with Gasteiger partial charge in [-0.2, -0.15) is 0 Å². The number of ether oxygens (including phenoxy) is 1. The predicted molar refractivity (Wildman–Crippen MR) is 144 cm³/mol. The number of benzene rings is 2. The molecule has 1 atom stereocenters. The summed E-state index contributed by atoms with van der Waals surface area (Å²) < 4.78 is 6.24. The average Bonchev–Trinajstić information content (AvgIpc) is 3.35. The fourth-order valence-corrected chi connectivity index (χ4v) is 5.21. The van der Waals surface area contributed by atoms with Crippen LogP contribution in [0.25, 0.3) is 0 Å². The zero-order valence-electron chi connectivity index (χ0n) is 22.0. The summed E-state index contributed by atoms with van der Waals surface area (Å²) in [7, 11) is 0. The molecule has 0 radical (unpaired) electrons. The van der Waals surface area contributed by atoms with E-state index in [1.54, 1.807) is 41.6 Å². The Morgan fingerprint density at radius 1 is 1.05 bits per heavy atom. The Morgan fingerprint density at radius 3 is 2.48 bits per heavy atom. The number of nitrogens with zero attached hydrogens (tertiary/aromatic N) is 4. The highest BCUT2D eigenvalue weighted by Gasteiger charge is 2.54. The van der Waals surface area contributed by atoms with Crippen LogP contribution in [0.3, 0.4) is 0 Å². The highest BCUT2D eigenvalue weighted by atomic mass is 16.6. The number of amides is 3. The van der Waals surface area contributed by atoms with Crippen LogP contribution in [0.15, 0.2) is 73.1 Å². The second kappa shape index (κ2) is 11.2. The molecule has 1 aromatic heterocycles. The summed E-state index contributed by atoms with van der Waals surface area (Å²) in [6, 6.07) is 15.5. The number of carbonyl (C=O) groups excluding carboxylic acids is 3. The number of carbonyl (C=O) groups is 3. The quantitative estimate of drug-likeness (QED) is 0.373. The van der Waals surface area contributed by atoms with Crippen LogP contribution in [0.2, 0.25) is 0 Å². The lowest BCUT2D eigenvalue weighted by atomic mass is 9.96. The second-order valence-corrected chi connectivity index (χ2v) is 9.99. The van der Waals surface area contributed by atoms with Crippen molar-refractivity contribution in [3.05, 3.63) is 105 Å². The molecule has 2 fully saturated rings. The van der Waals surface area contributed by atoms with E-state index in [1.165, 1.54) is 23.1 Å². The van der Waals surface area contributed by atoms with Gasteiger partial charge in [0, 0.05) is 68.1 Å². The van der Waals surface area contributed by atoms with Crippen LogP contribution < -0.4 is 5.32 Å². The van der Waals surface area contributed by atoms with Gasteiger partial charge in [0.05, 0.1) is 11.5 Å². The van der Waals surface area contributed by atoms with Gasteiger partial charge in [0.15, 0.2) is 0 Å². The normalized spacial score (nSPS) is 18.0. The molecule has 1 spiro atoms. The SMILES string of the molecule is Cc1ccc(C(=O)N2[C@H](C(=O)NCc3cccnc3)COC23CCN(C(=O)c2cccc([N+](=O)[O-])c2)CC3)cc1. The van der Waals surface area contributed by atoms with E-state index in [-0.39, 0.29) is 68.1 Å². The topological polar surface area (TPSA) is 135 Å². The highest BCUT2D eigenvalue weighted by Crippen LogP contribution is 2.39. The van der Waals surface area contributed by atoms with Crippen molar-refractivity contribution in [1.82, 2.24) is 20.1 Å². The Labute approximate surface area is 230 Å². The van der Waals surface area contributed by atoms with Crippen molar-refractivity contribution in [2.75, 3.05) is 19.7 Å². The van der Waals surface area contributed by atoms with E-state index in [0.29, 0.717) is 5.56 Å². The number of likely N-dealkylation sites (tertiary alicyclic amines) is 1. The Hall–Kier alpha value is -4.64. The molecule has 3 heterocycles. The van der Waals surface area contributed by atoms with E-state index in [2.05, 4.69) is 10.3 Å². The minimum Gasteiger partial charge on any atom is -0.353 e. The van der Waals surface area contributed by atoms with Gasteiger partial charge in [0.1, 0.15) is 11.8 Å². The number of aromatic nitrogens is 1. The van der Waals surface area contributed by atoms with E-state index in [0.717, 1.165) is 11.1 Å². The number of rotatable bonds is 6.